The molecule has 2 amide bonds. The number of amides is 2. The highest BCUT2D eigenvalue weighted by molar-refractivity contribution is 6.31. The van der Waals surface area contributed by atoms with Gasteiger partial charge in [0.25, 0.3) is 0 Å². The van der Waals surface area contributed by atoms with Gasteiger partial charge in [-0.2, -0.15) is 0 Å². The van der Waals surface area contributed by atoms with Crippen LogP contribution < -0.4 is 10.1 Å². The predicted molar refractivity (Wildman–Crippen MR) is 107 cm³/mol. The maximum Gasteiger partial charge on any atom is 0.239 e. The quantitative estimate of drug-likeness (QED) is 0.761. The van der Waals surface area contributed by atoms with E-state index in [1.165, 1.54) is 7.11 Å². The smallest absolute Gasteiger partial charge is 0.239 e. The number of methoxy groups -OCH3 is 1. The van der Waals surface area contributed by atoms with Crippen LogP contribution in [-0.4, -0.2) is 86.0 Å². The Morgan fingerprint density at radius 2 is 1.96 bits per heavy atom. The molecule has 27 heavy (non-hydrogen) atoms. The van der Waals surface area contributed by atoms with Gasteiger partial charge in [0.1, 0.15) is 5.75 Å². The lowest BCUT2D eigenvalue weighted by molar-refractivity contribution is -0.138. The number of hydrogen-bond donors (Lipinski definition) is 1. The first-order valence-corrected chi connectivity index (χ1v) is 9.58. The number of anilines is 1. The summed E-state index contributed by atoms with van der Waals surface area (Å²) in [5.41, 5.74) is 0.512. The van der Waals surface area contributed by atoms with E-state index in [0.29, 0.717) is 16.5 Å². The highest BCUT2D eigenvalue weighted by atomic mass is 35.5. The number of piperazine rings is 1. The molecular formula is C19H29ClN4O3. The molecule has 1 N–H and O–H groups in total. The summed E-state index contributed by atoms with van der Waals surface area (Å²) >= 11 is 5.99. The van der Waals surface area contributed by atoms with Crippen molar-refractivity contribution >= 4 is 29.1 Å². The van der Waals surface area contributed by atoms with Crippen molar-refractivity contribution in [3.63, 3.8) is 0 Å². The van der Waals surface area contributed by atoms with Gasteiger partial charge < -0.3 is 19.9 Å². The van der Waals surface area contributed by atoms with Crippen molar-refractivity contribution in [3.05, 3.63) is 23.2 Å². The third-order valence-electron chi connectivity index (χ3n) is 4.98. The van der Waals surface area contributed by atoms with Gasteiger partial charge in [-0.15, -0.1) is 0 Å². The van der Waals surface area contributed by atoms with E-state index in [2.05, 4.69) is 17.1 Å². The fraction of sp³-hybridized carbons (Fsp3) is 0.579. The first-order chi connectivity index (χ1) is 12.8. The molecule has 1 fully saturated rings. The van der Waals surface area contributed by atoms with Gasteiger partial charge in [0.2, 0.25) is 11.8 Å². The van der Waals surface area contributed by atoms with Crippen molar-refractivity contribution in [2.75, 3.05) is 58.7 Å². The van der Waals surface area contributed by atoms with Crippen LogP contribution >= 0.6 is 11.6 Å². The van der Waals surface area contributed by atoms with Crippen LogP contribution in [0.25, 0.3) is 0 Å². The van der Waals surface area contributed by atoms with E-state index < -0.39 is 0 Å². The Morgan fingerprint density at radius 1 is 1.30 bits per heavy atom. The van der Waals surface area contributed by atoms with Crippen molar-refractivity contribution in [2.45, 2.75) is 19.9 Å². The molecule has 0 aliphatic carbocycles. The van der Waals surface area contributed by atoms with E-state index in [9.17, 15) is 9.59 Å². The summed E-state index contributed by atoms with van der Waals surface area (Å²) in [6.07, 6.45) is 0. The van der Waals surface area contributed by atoms with Gasteiger partial charge in [-0.3, -0.25) is 14.5 Å². The van der Waals surface area contributed by atoms with Gasteiger partial charge >= 0.3 is 0 Å². The van der Waals surface area contributed by atoms with E-state index >= 15 is 0 Å². The molecule has 0 aromatic heterocycles. The SMILES string of the molecule is CCN1CCN(C(=O)C(C)N(C)CC(=O)Nc2cc(Cl)ccc2OC)CC1. The second-order valence-electron chi connectivity index (χ2n) is 6.74. The zero-order chi connectivity index (χ0) is 20.0. The summed E-state index contributed by atoms with van der Waals surface area (Å²) in [6, 6.07) is 4.66. The Bertz CT molecular complexity index is 662. The summed E-state index contributed by atoms with van der Waals surface area (Å²) in [4.78, 5) is 31.1. The molecule has 150 valence electrons. The van der Waals surface area contributed by atoms with Gasteiger partial charge in [0, 0.05) is 31.2 Å². The molecule has 1 heterocycles. The number of carbonyl (C=O) groups is 2. The van der Waals surface area contributed by atoms with Gasteiger partial charge in [0.05, 0.1) is 25.4 Å². The number of likely N-dealkylation sites (N-methyl/N-ethyl adjacent to an activating group) is 2. The Hall–Kier alpha value is -1.83. The molecule has 0 radical (unpaired) electrons. The summed E-state index contributed by atoms with van der Waals surface area (Å²) in [5, 5.41) is 3.31. The number of ether oxygens (including phenoxy) is 1. The standard InChI is InChI=1S/C19H29ClN4O3/c1-5-23-8-10-24(11-9-23)19(26)14(2)22(3)13-18(25)21-16-12-15(20)6-7-17(16)27-4/h6-7,12,14H,5,8-11,13H2,1-4H3,(H,21,25). The maximum atomic E-state index is 12.7. The number of carbonyl (C=O) groups excluding carboxylic acids is 2. The fourth-order valence-corrected chi connectivity index (χ4v) is 3.24. The predicted octanol–water partition coefficient (Wildman–Crippen LogP) is 1.77. The lowest BCUT2D eigenvalue weighted by Gasteiger charge is -2.36. The Balaban J connectivity index is 1.90. The number of rotatable bonds is 7. The molecule has 1 aliphatic rings. The number of nitrogens with zero attached hydrogens (tertiary/aromatic N) is 3. The zero-order valence-electron chi connectivity index (χ0n) is 16.5. The number of hydrogen-bond acceptors (Lipinski definition) is 5. The average molecular weight is 397 g/mol. The van der Waals surface area contributed by atoms with Gasteiger partial charge in [-0.25, -0.2) is 0 Å². The topological polar surface area (TPSA) is 65.1 Å². The molecular weight excluding hydrogens is 368 g/mol. The fourth-order valence-electron chi connectivity index (χ4n) is 3.07. The summed E-state index contributed by atoms with van der Waals surface area (Å²) in [7, 11) is 3.31. The van der Waals surface area contributed by atoms with Crippen LogP contribution in [0.5, 0.6) is 5.75 Å². The van der Waals surface area contributed by atoms with E-state index in [-0.39, 0.29) is 24.4 Å². The molecule has 1 aliphatic heterocycles. The monoisotopic (exact) mass is 396 g/mol. The van der Waals surface area contributed by atoms with Gasteiger partial charge in [-0.05, 0) is 38.7 Å². The third kappa shape index (κ3) is 5.82. The molecule has 1 atom stereocenters. The maximum absolute atomic E-state index is 12.7. The van der Waals surface area contributed by atoms with Crippen molar-refractivity contribution in [2.24, 2.45) is 0 Å². The average Bonchev–Trinajstić information content (AvgIpc) is 2.67. The molecule has 0 saturated carbocycles. The molecule has 7 nitrogen and oxygen atoms in total. The minimum Gasteiger partial charge on any atom is -0.495 e. The first kappa shape index (κ1) is 21.5. The second-order valence-corrected chi connectivity index (χ2v) is 7.18. The van der Waals surface area contributed by atoms with Crippen molar-refractivity contribution in [3.8, 4) is 5.75 Å². The largest absolute Gasteiger partial charge is 0.495 e. The van der Waals surface area contributed by atoms with E-state index in [1.807, 2.05) is 11.8 Å². The number of benzene rings is 1. The normalized spacial score (nSPS) is 16.3. The number of nitrogens with one attached hydrogen (secondary N) is 1. The van der Waals surface area contributed by atoms with Crippen LogP contribution in [-0.2, 0) is 9.59 Å². The summed E-state index contributed by atoms with van der Waals surface area (Å²) in [5.74, 6) is 0.364. The van der Waals surface area contributed by atoms with Crippen LogP contribution in [0.4, 0.5) is 5.69 Å². The molecule has 2 rings (SSSR count). The summed E-state index contributed by atoms with van der Waals surface area (Å²) < 4.78 is 5.24. The molecule has 8 heteroatoms. The lowest BCUT2D eigenvalue weighted by Crippen LogP contribution is -2.54. The Morgan fingerprint density at radius 3 is 2.56 bits per heavy atom. The minimum atomic E-state index is -0.370. The van der Waals surface area contributed by atoms with Crippen molar-refractivity contribution in [1.82, 2.24) is 14.7 Å². The van der Waals surface area contributed by atoms with E-state index in [4.69, 9.17) is 16.3 Å². The van der Waals surface area contributed by atoms with Crippen LogP contribution in [0.1, 0.15) is 13.8 Å². The van der Waals surface area contributed by atoms with Crippen molar-refractivity contribution in [1.29, 1.82) is 0 Å². The molecule has 1 unspecified atom stereocenters. The lowest BCUT2D eigenvalue weighted by atomic mass is 10.2. The Kier molecular flexibility index (Phi) is 7.89. The second kappa shape index (κ2) is 9.92. The molecule has 1 aromatic carbocycles. The highest BCUT2D eigenvalue weighted by Gasteiger charge is 2.27. The number of halogens is 1. The minimum absolute atomic E-state index is 0.0568. The summed E-state index contributed by atoms with van der Waals surface area (Å²) in [6.45, 7) is 8.32. The van der Waals surface area contributed by atoms with Crippen LogP contribution in [0.15, 0.2) is 18.2 Å². The van der Waals surface area contributed by atoms with E-state index in [0.717, 1.165) is 32.7 Å². The van der Waals surface area contributed by atoms with E-state index in [1.54, 1.807) is 30.1 Å². The van der Waals surface area contributed by atoms with Gasteiger partial charge in [-0.1, -0.05) is 18.5 Å². The van der Waals surface area contributed by atoms with Crippen LogP contribution in [0.3, 0.4) is 0 Å². The molecule has 0 bridgehead atoms. The van der Waals surface area contributed by atoms with Gasteiger partial charge in [0.15, 0.2) is 0 Å². The van der Waals surface area contributed by atoms with Crippen molar-refractivity contribution < 1.29 is 14.3 Å². The first-order valence-electron chi connectivity index (χ1n) is 9.20. The molecule has 1 saturated heterocycles. The van der Waals surface area contributed by atoms with Crippen LogP contribution in [0, 0.1) is 0 Å². The molecule has 0 spiro atoms. The Labute approximate surface area is 166 Å². The molecule has 1 aromatic rings. The zero-order valence-corrected chi connectivity index (χ0v) is 17.3. The third-order valence-corrected chi connectivity index (χ3v) is 5.21. The van der Waals surface area contributed by atoms with Crippen LogP contribution in [0.2, 0.25) is 5.02 Å². The highest BCUT2D eigenvalue weighted by Crippen LogP contribution is 2.27.